The van der Waals surface area contributed by atoms with Gasteiger partial charge in [-0.1, -0.05) is 12.1 Å². The van der Waals surface area contributed by atoms with Gasteiger partial charge < -0.3 is 4.74 Å². The molecule has 1 aromatic rings. The lowest BCUT2D eigenvalue weighted by atomic mass is 10.1. The third-order valence-corrected chi connectivity index (χ3v) is 1.88. The summed E-state index contributed by atoms with van der Waals surface area (Å²) >= 11 is 0. The second-order valence-corrected chi connectivity index (χ2v) is 2.67. The second kappa shape index (κ2) is 3.31. The molecule has 13 heavy (non-hydrogen) atoms. The van der Waals surface area contributed by atoms with Crippen LogP contribution in [0.3, 0.4) is 0 Å². The van der Waals surface area contributed by atoms with Crippen molar-refractivity contribution < 1.29 is 4.74 Å². The molecular formula is C10H9N2O. The highest BCUT2D eigenvalue weighted by molar-refractivity contribution is 6.10. The molecule has 3 nitrogen and oxygen atoms in total. The molecule has 0 N–H and O–H groups in total. The molecule has 3 heteroatoms. The Morgan fingerprint density at radius 2 is 1.92 bits per heavy atom. The summed E-state index contributed by atoms with van der Waals surface area (Å²) in [6, 6.07) is 7.81. The number of methoxy groups -OCH3 is 1. The van der Waals surface area contributed by atoms with E-state index in [2.05, 4.69) is 10.5 Å². The topological polar surface area (TPSA) is 35.7 Å². The van der Waals surface area contributed by atoms with E-state index in [4.69, 9.17) is 4.74 Å². The van der Waals surface area contributed by atoms with Crippen molar-refractivity contribution in [2.24, 2.45) is 5.10 Å². The fourth-order valence-corrected chi connectivity index (χ4v) is 1.16. The zero-order valence-electron chi connectivity index (χ0n) is 7.27. The molecule has 0 unspecified atom stereocenters. The first-order chi connectivity index (χ1) is 6.40. The minimum atomic E-state index is 0.858. The van der Waals surface area contributed by atoms with Crippen LogP contribution in [0.5, 0.6) is 5.75 Å². The van der Waals surface area contributed by atoms with Gasteiger partial charge in [0.2, 0.25) is 0 Å². The van der Waals surface area contributed by atoms with Gasteiger partial charge in [-0.25, -0.2) is 0 Å². The predicted octanol–water partition coefficient (Wildman–Crippen LogP) is 1.64. The summed E-state index contributed by atoms with van der Waals surface area (Å²) < 4.78 is 5.06. The maximum Gasteiger partial charge on any atom is 0.118 e. The van der Waals surface area contributed by atoms with Crippen molar-refractivity contribution in [1.82, 2.24) is 5.43 Å². The Hall–Kier alpha value is -1.77. The Labute approximate surface area is 76.7 Å². The summed E-state index contributed by atoms with van der Waals surface area (Å²) in [4.78, 5) is 0. The molecule has 1 heterocycles. The molecule has 1 radical (unpaired) electrons. The molecule has 0 saturated carbocycles. The van der Waals surface area contributed by atoms with Gasteiger partial charge >= 0.3 is 0 Å². The molecule has 2 rings (SSSR count). The molecule has 1 aromatic carbocycles. The fourth-order valence-electron chi connectivity index (χ4n) is 1.16. The SMILES string of the molecule is COc1ccc(C2=C[N]N=C2)cc1. The molecule has 0 saturated heterocycles. The Morgan fingerprint density at radius 3 is 2.46 bits per heavy atom. The van der Waals surface area contributed by atoms with E-state index < -0.39 is 0 Å². The Kier molecular flexibility index (Phi) is 2.00. The third-order valence-electron chi connectivity index (χ3n) is 1.88. The third kappa shape index (κ3) is 1.54. The van der Waals surface area contributed by atoms with E-state index in [0.29, 0.717) is 0 Å². The Morgan fingerprint density at radius 1 is 1.15 bits per heavy atom. The Bertz CT molecular complexity index is 352. The van der Waals surface area contributed by atoms with Crippen molar-refractivity contribution in [1.29, 1.82) is 0 Å². The lowest BCUT2D eigenvalue weighted by Crippen LogP contribution is -1.85. The molecular weight excluding hydrogens is 164 g/mol. The van der Waals surface area contributed by atoms with Crippen LogP contribution in [0.4, 0.5) is 0 Å². The summed E-state index contributed by atoms with van der Waals surface area (Å²) in [5.74, 6) is 0.858. The van der Waals surface area contributed by atoms with Gasteiger partial charge in [0.1, 0.15) is 5.75 Å². The number of nitrogens with zero attached hydrogens (tertiary/aromatic N) is 2. The molecule has 1 aliphatic rings. The van der Waals surface area contributed by atoms with Gasteiger partial charge in [-0.05, 0) is 17.7 Å². The first-order valence-corrected chi connectivity index (χ1v) is 3.98. The quantitative estimate of drug-likeness (QED) is 0.669. The zero-order chi connectivity index (χ0) is 9.10. The first-order valence-electron chi connectivity index (χ1n) is 3.98. The number of allylic oxidation sites excluding steroid dienone is 1. The van der Waals surface area contributed by atoms with Crippen LogP contribution in [-0.2, 0) is 0 Å². The lowest BCUT2D eigenvalue weighted by Gasteiger charge is -2.00. The van der Waals surface area contributed by atoms with Gasteiger partial charge in [-0.2, -0.15) is 10.5 Å². The van der Waals surface area contributed by atoms with E-state index in [0.717, 1.165) is 16.9 Å². The van der Waals surface area contributed by atoms with Crippen molar-refractivity contribution in [2.75, 3.05) is 7.11 Å². The molecule has 0 amide bonds. The van der Waals surface area contributed by atoms with Gasteiger partial charge in [0.05, 0.1) is 19.5 Å². The highest BCUT2D eigenvalue weighted by Crippen LogP contribution is 2.18. The molecule has 1 aliphatic heterocycles. The highest BCUT2D eigenvalue weighted by Gasteiger charge is 2.02. The van der Waals surface area contributed by atoms with Crippen LogP contribution in [0.2, 0.25) is 0 Å². The number of ether oxygens (including phenoxy) is 1. The van der Waals surface area contributed by atoms with Crippen LogP contribution < -0.4 is 10.2 Å². The summed E-state index contributed by atoms with van der Waals surface area (Å²) in [5, 5.41) is 3.76. The maximum atomic E-state index is 5.06. The summed E-state index contributed by atoms with van der Waals surface area (Å²) in [6.07, 6.45) is 3.48. The minimum absolute atomic E-state index is 0.858. The normalized spacial score (nSPS) is 13.8. The highest BCUT2D eigenvalue weighted by atomic mass is 16.5. The molecule has 0 fully saturated rings. The average Bonchev–Trinajstić information content (AvgIpc) is 2.71. The zero-order valence-corrected chi connectivity index (χ0v) is 7.27. The lowest BCUT2D eigenvalue weighted by molar-refractivity contribution is 0.415. The van der Waals surface area contributed by atoms with E-state index in [1.54, 1.807) is 19.5 Å². The standard InChI is InChI=1S/C10H9N2O/c1-13-10-4-2-8(3-5-10)9-6-11-12-7-9/h2-7H,1H3. The van der Waals surface area contributed by atoms with E-state index in [1.807, 2.05) is 24.3 Å². The summed E-state index contributed by atoms with van der Waals surface area (Å²) in [6.45, 7) is 0. The fraction of sp³-hybridized carbons (Fsp3) is 0.100. The average molecular weight is 173 g/mol. The molecule has 0 atom stereocenters. The monoisotopic (exact) mass is 173 g/mol. The molecule has 0 aromatic heterocycles. The van der Waals surface area contributed by atoms with E-state index >= 15 is 0 Å². The smallest absolute Gasteiger partial charge is 0.118 e. The molecule has 0 spiro atoms. The van der Waals surface area contributed by atoms with Crippen LogP contribution >= 0.6 is 0 Å². The Balaban J connectivity index is 2.27. The second-order valence-electron chi connectivity index (χ2n) is 2.67. The summed E-state index contributed by atoms with van der Waals surface area (Å²) in [5.41, 5.74) is 5.89. The molecule has 65 valence electrons. The molecule has 0 aliphatic carbocycles. The van der Waals surface area contributed by atoms with E-state index in [-0.39, 0.29) is 0 Å². The van der Waals surface area contributed by atoms with Crippen molar-refractivity contribution in [3.63, 3.8) is 0 Å². The van der Waals surface area contributed by atoms with Gasteiger partial charge in [0.25, 0.3) is 0 Å². The van der Waals surface area contributed by atoms with E-state index in [9.17, 15) is 0 Å². The maximum absolute atomic E-state index is 5.06. The van der Waals surface area contributed by atoms with Crippen molar-refractivity contribution in [3.8, 4) is 5.75 Å². The number of benzene rings is 1. The van der Waals surface area contributed by atoms with Gasteiger partial charge in [-0.3, -0.25) is 0 Å². The van der Waals surface area contributed by atoms with Crippen LogP contribution in [0, 0.1) is 0 Å². The van der Waals surface area contributed by atoms with Crippen LogP contribution in [-0.4, -0.2) is 13.3 Å². The van der Waals surface area contributed by atoms with Crippen LogP contribution in [0.1, 0.15) is 5.56 Å². The molecule has 0 bridgehead atoms. The van der Waals surface area contributed by atoms with E-state index in [1.165, 1.54) is 0 Å². The number of hydrogen-bond donors (Lipinski definition) is 0. The minimum Gasteiger partial charge on any atom is -0.497 e. The van der Waals surface area contributed by atoms with Crippen molar-refractivity contribution >= 4 is 11.8 Å². The van der Waals surface area contributed by atoms with Gasteiger partial charge in [0.15, 0.2) is 0 Å². The van der Waals surface area contributed by atoms with Gasteiger partial charge in [0, 0.05) is 5.57 Å². The van der Waals surface area contributed by atoms with Crippen molar-refractivity contribution in [3.05, 3.63) is 36.0 Å². The van der Waals surface area contributed by atoms with Crippen molar-refractivity contribution in [2.45, 2.75) is 0 Å². The van der Waals surface area contributed by atoms with Gasteiger partial charge in [-0.15, -0.1) is 0 Å². The first kappa shape index (κ1) is 7.86. The summed E-state index contributed by atoms with van der Waals surface area (Å²) in [7, 11) is 1.65. The van der Waals surface area contributed by atoms with Crippen LogP contribution in [0.25, 0.3) is 5.57 Å². The number of hydrogen-bond acceptors (Lipinski definition) is 2. The van der Waals surface area contributed by atoms with Crippen LogP contribution in [0.15, 0.2) is 35.6 Å². The number of rotatable bonds is 2. The predicted molar refractivity (Wildman–Crippen MR) is 51.6 cm³/mol. The largest absolute Gasteiger partial charge is 0.497 e.